The van der Waals surface area contributed by atoms with E-state index < -0.39 is 5.97 Å². The number of amides is 2. The molecule has 0 aromatic carbocycles. The molecule has 0 aromatic rings. The van der Waals surface area contributed by atoms with Crippen LogP contribution in [-0.4, -0.2) is 54.4 Å². The largest absolute Gasteiger partial charge is 0.481 e. The first-order valence-corrected chi connectivity index (χ1v) is 6.85. The van der Waals surface area contributed by atoms with Gasteiger partial charge in [0.05, 0.1) is 12.7 Å². The highest BCUT2D eigenvalue weighted by Crippen LogP contribution is 2.20. The number of carboxylic acids is 1. The molecule has 0 unspecified atom stereocenters. The van der Waals surface area contributed by atoms with Gasteiger partial charge in [0, 0.05) is 26.1 Å². The van der Waals surface area contributed by atoms with Crippen LogP contribution in [0.4, 0.5) is 4.79 Å². The second kappa shape index (κ2) is 7.99. The van der Waals surface area contributed by atoms with Gasteiger partial charge in [-0.15, -0.1) is 0 Å². The van der Waals surface area contributed by atoms with Crippen molar-refractivity contribution in [3.63, 3.8) is 0 Å². The second-order valence-electron chi connectivity index (χ2n) is 5.18. The molecule has 0 radical (unpaired) electrons. The summed E-state index contributed by atoms with van der Waals surface area (Å²) in [7, 11) is 0. The number of nitrogens with one attached hydrogen (secondary N) is 1. The maximum atomic E-state index is 11.8. The van der Waals surface area contributed by atoms with Crippen molar-refractivity contribution >= 4 is 12.0 Å². The SMILES string of the molecule is CC(C)OCCNC(=O)N1CCC(CC(=O)O)CC1. The van der Waals surface area contributed by atoms with Gasteiger partial charge in [0.2, 0.25) is 0 Å². The van der Waals surface area contributed by atoms with Gasteiger partial charge in [0.1, 0.15) is 0 Å². The Morgan fingerprint density at radius 3 is 2.53 bits per heavy atom. The first-order chi connectivity index (χ1) is 8.99. The predicted molar refractivity (Wildman–Crippen MR) is 71.0 cm³/mol. The lowest BCUT2D eigenvalue weighted by Crippen LogP contribution is -2.45. The molecule has 2 N–H and O–H groups in total. The number of rotatable bonds is 6. The van der Waals surface area contributed by atoms with Gasteiger partial charge in [-0.05, 0) is 32.6 Å². The van der Waals surface area contributed by atoms with Crippen LogP contribution in [0.25, 0.3) is 0 Å². The van der Waals surface area contributed by atoms with Crippen molar-refractivity contribution in [3.8, 4) is 0 Å². The molecular weight excluding hydrogens is 248 g/mol. The number of nitrogens with zero attached hydrogens (tertiary/aromatic N) is 1. The van der Waals surface area contributed by atoms with E-state index >= 15 is 0 Å². The minimum Gasteiger partial charge on any atom is -0.481 e. The number of hydrogen-bond donors (Lipinski definition) is 2. The van der Waals surface area contributed by atoms with Crippen LogP contribution in [-0.2, 0) is 9.53 Å². The summed E-state index contributed by atoms with van der Waals surface area (Å²) < 4.78 is 5.34. The summed E-state index contributed by atoms with van der Waals surface area (Å²) >= 11 is 0. The summed E-state index contributed by atoms with van der Waals surface area (Å²) in [6.45, 7) is 6.19. The first-order valence-electron chi connectivity index (χ1n) is 6.85. The number of carbonyl (C=O) groups is 2. The molecule has 1 saturated heterocycles. The highest BCUT2D eigenvalue weighted by atomic mass is 16.5. The van der Waals surface area contributed by atoms with E-state index in [0.29, 0.717) is 26.2 Å². The molecule has 0 atom stereocenters. The summed E-state index contributed by atoms with van der Waals surface area (Å²) in [5.41, 5.74) is 0. The molecule has 1 fully saturated rings. The Labute approximate surface area is 114 Å². The van der Waals surface area contributed by atoms with Gasteiger partial charge in [-0.1, -0.05) is 0 Å². The van der Waals surface area contributed by atoms with Crippen LogP contribution >= 0.6 is 0 Å². The highest BCUT2D eigenvalue weighted by molar-refractivity contribution is 5.74. The molecule has 1 aliphatic heterocycles. The lowest BCUT2D eigenvalue weighted by Gasteiger charge is -2.31. The Morgan fingerprint density at radius 1 is 1.37 bits per heavy atom. The highest BCUT2D eigenvalue weighted by Gasteiger charge is 2.23. The number of ether oxygens (including phenoxy) is 1. The normalized spacial score (nSPS) is 16.7. The molecular formula is C13H24N2O4. The van der Waals surface area contributed by atoms with E-state index in [2.05, 4.69) is 5.32 Å². The lowest BCUT2D eigenvalue weighted by molar-refractivity contribution is -0.138. The summed E-state index contributed by atoms with van der Waals surface area (Å²) in [5.74, 6) is -0.556. The Balaban J connectivity index is 2.16. The van der Waals surface area contributed by atoms with Crippen molar-refractivity contribution in [1.29, 1.82) is 0 Å². The maximum Gasteiger partial charge on any atom is 0.317 e. The summed E-state index contributed by atoms with van der Waals surface area (Å²) in [5, 5.41) is 11.5. The smallest absolute Gasteiger partial charge is 0.317 e. The van der Waals surface area contributed by atoms with Crippen molar-refractivity contribution in [3.05, 3.63) is 0 Å². The quantitative estimate of drug-likeness (QED) is 0.714. The number of piperidine rings is 1. The van der Waals surface area contributed by atoms with Crippen LogP contribution in [0.5, 0.6) is 0 Å². The Hall–Kier alpha value is -1.30. The average molecular weight is 272 g/mol. The van der Waals surface area contributed by atoms with Crippen LogP contribution in [0.2, 0.25) is 0 Å². The first kappa shape index (κ1) is 15.8. The van der Waals surface area contributed by atoms with E-state index in [-0.39, 0.29) is 24.5 Å². The standard InChI is InChI=1S/C13H24N2O4/c1-10(2)19-8-5-14-13(18)15-6-3-11(4-7-15)9-12(16)17/h10-11H,3-9H2,1-2H3,(H,14,18)(H,16,17). The van der Waals surface area contributed by atoms with Crippen LogP contribution in [0.3, 0.4) is 0 Å². The van der Waals surface area contributed by atoms with E-state index in [1.165, 1.54) is 0 Å². The molecule has 0 saturated carbocycles. The number of carboxylic acid groups (broad SMARTS) is 1. The van der Waals surface area contributed by atoms with E-state index in [1.807, 2.05) is 13.8 Å². The van der Waals surface area contributed by atoms with Crippen molar-refractivity contribution in [2.75, 3.05) is 26.2 Å². The van der Waals surface area contributed by atoms with Gasteiger partial charge in [-0.25, -0.2) is 4.79 Å². The third-order valence-electron chi connectivity index (χ3n) is 3.19. The minimum absolute atomic E-state index is 0.0823. The topological polar surface area (TPSA) is 78.9 Å². The van der Waals surface area contributed by atoms with Crippen LogP contribution in [0.1, 0.15) is 33.1 Å². The molecule has 1 heterocycles. The minimum atomic E-state index is -0.756. The molecule has 0 bridgehead atoms. The molecule has 1 aliphatic rings. The molecule has 19 heavy (non-hydrogen) atoms. The summed E-state index contributed by atoms with van der Waals surface area (Å²) in [4.78, 5) is 24.2. The van der Waals surface area contributed by atoms with Gasteiger partial charge in [-0.2, -0.15) is 0 Å². The number of carbonyl (C=O) groups excluding carboxylic acids is 1. The zero-order chi connectivity index (χ0) is 14.3. The molecule has 110 valence electrons. The van der Waals surface area contributed by atoms with E-state index in [4.69, 9.17) is 9.84 Å². The van der Waals surface area contributed by atoms with E-state index in [9.17, 15) is 9.59 Å². The third-order valence-corrected chi connectivity index (χ3v) is 3.19. The molecule has 0 spiro atoms. The predicted octanol–water partition coefficient (Wildman–Crippen LogP) is 1.31. The molecule has 0 aromatic heterocycles. The Kier molecular flexibility index (Phi) is 6.62. The molecule has 2 amide bonds. The van der Waals surface area contributed by atoms with Crippen LogP contribution in [0, 0.1) is 5.92 Å². The van der Waals surface area contributed by atoms with Gasteiger partial charge in [-0.3, -0.25) is 4.79 Å². The zero-order valence-corrected chi connectivity index (χ0v) is 11.7. The molecule has 6 nitrogen and oxygen atoms in total. The van der Waals surface area contributed by atoms with Crippen molar-refractivity contribution in [2.24, 2.45) is 5.92 Å². The number of aliphatic carboxylic acids is 1. The molecule has 0 aliphatic carbocycles. The Bertz CT molecular complexity index is 299. The van der Waals surface area contributed by atoms with Gasteiger partial charge in [0.15, 0.2) is 0 Å². The van der Waals surface area contributed by atoms with Crippen molar-refractivity contribution in [1.82, 2.24) is 10.2 Å². The van der Waals surface area contributed by atoms with Crippen LogP contribution < -0.4 is 5.32 Å². The fourth-order valence-corrected chi connectivity index (χ4v) is 2.15. The van der Waals surface area contributed by atoms with Crippen molar-refractivity contribution < 1.29 is 19.4 Å². The van der Waals surface area contributed by atoms with E-state index in [0.717, 1.165) is 12.8 Å². The monoisotopic (exact) mass is 272 g/mol. The zero-order valence-electron chi connectivity index (χ0n) is 11.7. The second-order valence-corrected chi connectivity index (χ2v) is 5.18. The van der Waals surface area contributed by atoms with Crippen LogP contribution in [0.15, 0.2) is 0 Å². The molecule has 1 rings (SSSR count). The third kappa shape index (κ3) is 6.42. The van der Waals surface area contributed by atoms with Gasteiger partial charge >= 0.3 is 12.0 Å². The van der Waals surface area contributed by atoms with Gasteiger partial charge in [0.25, 0.3) is 0 Å². The Morgan fingerprint density at radius 2 is 2.00 bits per heavy atom. The van der Waals surface area contributed by atoms with Gasteiger partial charge < -0.3 is 20.1 Å². The molecule has 6 heteroatoms. The summed E-state index contributed by atoms with van der Waals surface area (Å²) in [6, 6.07) is -0.0823. The van der Waals surface area contributed by atoms with Crippen molar-refractivity contribution in [2.45, 2.75) is 39.2 Å². The van der Waals surface area contributed by atoms with E-state index in [1.54, 1.807) is 4.90 Å². The maximum absolute atomic E-state index is 11.8. The fraction of sp³-hybridized carbons (Fsp3) is 0.846. The fourth-order valence-electron chi connectivity index (χ4n) is 2.15. The summed E-state index contributed by atoms with van der Waals surface area (Å²) in [6.07, 6.45) is 1.91. The lowest BCUT2D eigenvalue weighted by atomic mass is 9.94. The average Bonchev–Trinajstić information content (AvgIpc) is 2.34. The number of likely N-dealkylation sites (tertiary alicyclic amines) is 1. The number of urea groups is 1. The number of hydrogen-bond acceptors (Lipinski definition) is 3.